The van der Waals surface area contributed by atoms with Crippen LogP contribution >= 0.6 is 0 Å². The molecule has 0 bridgehead atoms. The van der Waals surface area contributed by atoms with Gasteiger partial charge in [0.25, 0.3) is 0 Å². The van der Waals surface area contributed by atoms with E-state index in [-0.39, 0.29) is 6.10 Å². The van der Waals surface area contributed by atoms with Gasteiger partial charge in [0.05, 0.1) is 30.3 Å². The lowest BCUT2D eigenvalue weighted by Crippen LogP contribution is -2.44. The van der Waals surface area contributed by atoms with Crippen molar-refractivity contribution in [2.75, 3.05) is 26.2 Å². The summed E-state index contributed by atoms with van der Waals surface area (Å²) in [6, 6.07) is 8.31. The topological polar surface area (TPSA) is 30.3 Å². The van der Waals surface area contributed by atoms with Gasteiger partial charge >= 0.3 is 0 Å². The third kappa shape index (κ3) is 2.51. The maximum absolute atomic E-state index is 5.90. The largest absolute Gasteiger partial charge is 0.374 e. The smallest absolute Gasteiger partial charge is 0.106 e. The van der Waals surface area contributed by atoms with Gasteiger partial charge in [-0.1, -0.05) is 19.1 Å². The van der Waals surface area contributed by atoms with E-state index in [1.807, 2.05) is 6.07 Å². The monoisotopic (exact) mass is 259 g/mol. The van der Waals surface area contributed by atoms with E-state index in [2.05, 4.69) is 46.5 Å². The Morgan fingerprint density at radius 2 is 2.21 bits per heavy atom. The van der Waals surface area contributed by atoms with Gasteiger partial charge in [0, 0.05) is 13.1 Å². The Kier molecular flexibility index (Phi) is 3.53. The number of fused-ring (bicyclic) bond motifs is 1. The van der Waals surface area contributed by atoms with Gasteiger partial charge in [-0.05, 0) is 25.6 Å². The molecule has 0 saturated carbocycles. The van der Waals surface area contributed by atoms with Gasteiger partial charge in [0.15, 0.2) is 0 Å². The van der Waals surface area contributed by atoms with Gasteiger partial charge in [-0.15, -0.1) is 0 Å². The predicted molar refractivity (Wildman–Crippen MR) is 76.3 cm³/mol. The molecule has 2 aromatic rings. The number of hydrogen-bond acceptors (Lipinski definition) is 3. The molecule has 0 aliphatic carbocycles. The minimum Gasteiger partial charge on any atom is -0.374 e. The number of rotatable bonds is 3. The summed E-state index contributed by atoms with van der Waals surface area (Å²) in [5, 5.41) is 0. The Morgan fingerprint density at radius 1 is 1.37 bits per heavy atom. The van der Waals surface area contributed by atoms with Crippen LogP contribution in [0, 0.1) is 6.92 Å². The van der Waals surface area contributed by atoms with Crippen molar-refractivity contribution in [3.63, 3.8) is 0 Å². The van der Waals surface area contributed by atoms with Crippen LogP contribution in [0.25, 0.3) is 11.0 Å². The molecule has 102 valence electrons. The van der Waals surface area contributed by atoms with E-state index in [4.69, 9.17) is 4.74 Å². The molecule has 1 saturated heterocycles. The highest BCUT2D eigenvalue weighted by atomic mass is 16.5. The van der Waals surface area contributed by atoms with Crippen molar-refractivity contribution in [1.82, 2.24) is 14.5 Å². The second-order valence-corrected chi connectivity index (χ2v) is 5.14. The Balaban J connectivity index is 1.83. The van der Waals surface area contributed by atoms with E-state index in [0.717, 1.165) is 44.1 Å². The molecule has 0 spiro atoms. The molecule has 1 aromatic carbocycles. The van der Waals surface area contributed by atoms with Gasteiger partial charge in [0.1, 0.15) is 5.82 Å². The average Bonchev–Trinajstić information content (AvgIpc) is 2.76. The van der Waals surface area contributed by atoms with E-state index in [1.165, 1.54) is 5.52 Å². The van der Waals surface area contributed by atoms with E-state index < -0.39 is 0 Å². The van der Waals surface area contributed by atoms with Crippen LogP contribution in [0.1, 0.15) is 12.7 Å². The van der Waals surface area contributed by atoms with Crippen molar-refractivity contribution >= 4 is 11.0 Å². The molecule has 19 heavy (non-hydrogen) atoms. The fraction of sp³-hybridized carbons (Fsp3) is 0.533. The highest BCUT2D eigenvalue weighted by Crippen LogP contribution is 2.17. The van der Waals surface area contributed by atoms with Gasteiger partial charge in [0.2, 0.25) is 0 Å². The summed E-state index contributed by atoms with van der Waals surface area (Å²) in [5.41, 5.74) is 2.28. The molecule has 4 nitrogen and oxygen atoms in total. The molecule has 4 heteroatoms. The van der Waals surface area contributed by atoms with E-state index in [9.17, 15) is 0 Å². The Bertz CT molecular complexity index is 564. The SMILES string of the molecule is CCN1CCOC(Cn2c(C)nc3ccccc32)C1. The van der Waals surface area contributed by atoms with Crippen LogP contribution in [0.15, 0.2) is 24.3 Å². The Hall–Kier alpha value is -1.39. The molecule has 2 heterocycles. The van der Waals surface area contributed by atoms with Crippen molar-refractivity contribution in [3.8, 4) is 0 Å². The van der Waals surface area contributed by atoms with Crippen LogP contribution in [0.5, 0.6) is 0 Å². The summed E-state index contributed by atoms with van der Waals surface area (Å²) in [4.78, 5) is 7.06. The number of para-hydroxylation sites is 2. The molecule has 0 radical (unpaired) electrons. The first kappa shape index (κ1) is 12.6. The fourth-order valence-corrected chi connectivity index (χ4v) is 2.81. The average molecular weight is 259 g/mol. The van der Waals surface area contributed by atoms with Crippen LogP contribution in [0.4, 0.5) is 0 Å². The molecule has 1 fully saturated rings. The lowest BCUT2D eigenvalue weighted by Gasteiger charge is -2.32. The lowest BCUT2D eigenvalue weighted by molar-refractivity contribution is -0.0340. The summed E-state index contributed by atoms with van der Waals surface area (Å²) in [6.07, 6.45) is 0.269. The normalized spacial score (nSPS) is 21.1. The zero-order chi connectivity index (χ0) is 13.2. The third-order valence-corrected chi connectivity index (χ3v) is 3.90. The van der Waals surface area contributed by atoms with Crippen LogP contribution < -0.4 is 0 Å². The first-order chi connectivity index (χ1) is 9.28. The summed E-state index contributed by atoms with van der Waals surface area (Å²) >= 11 is 0. The van der Waals surface area contributed by atoms with E-state index >= 15 is 0 Å². The van der Waals surface area contributed by atoms with Crippen LogP contribution in [0.2, 0.25) is 0 Å². The van der Waals surface area contributed by atoms with Gasteiger partial charge < -0.3 is 9.30 Å². The Morgan fingerprint density at radius 3 is 3.05 bits per heavy atom. The van der Waals surface area contributed by atoms with Gasteiger partial charge in [-0.25, -0.2) is 4.98 Å². The molecule has 1 aromatic heterocycles. The van der Waals surface area contributed by atoms with E-state index in [0.29, 0.717) is 0 Å². The first-order valence-corrected chi connectivity index (χ1v) is 7.03. The number of ether oxygens (including phenoxy) is 1. The number of benzene rings is 1. The maximum atomic E-state index is 5.90. The summed E-state index contributed by atoms with van der Waals surface area (Å²) in [7, 11) is 0. The predicted octanol–water partition coefficient (Wildman–Crippen LogP) is 2.07. The standard InChI is InChI=1S/C15H21N3O/c1-3-17-8-9-19-13(10-17)11-18-12(2)16-14-6-4-5-7-15(14)18/h4-7,13H,3,8-11H2,1-2H3. The lowest BCUT2D eigenvalue weighted by atomic mass is 10.2. The molecular formula is C15H21N3O. The second-order valence-electron chi connectivity index (χ2n) is 5.14. The molecule has 1 aliphatic rings. The van der Waals surface area contributed by atoms with Crippen LogP contribution in [-0.4, -0.2) is 46.8 Å². The van der Waals surface area contributed by atoms with Gasteiger partial charge in [-0.3, -0.25) is 4.90 Å². The molecular weight excluding hydrogens is 238 g/mol. The highest BCUT2D eigenvalue weighted by molar-refractivity contribution is 5.75. The number of hydrogen-bond donors (Lipinski definition) is 0. The van der Waals surface area contributed by atoms with Crippen molar-refractivity contribution in [2.45, 2.75) is 26.5 Å². The minimum absolute atomic E-state index is 0.269. The summed E-state index contributed by atoms with van der Waals surface area (Å²) in [6.45, 7) is 9.18. The zero-order valence-electron chi connectivity index (χ0n) is 11.7. The molecule has 1 unspecified atom stereocenters. The highest BCUT2D eigenvalue weighted by Gasteiger charge is 2.21. The molecule has 0 N–H and O–H groups in total. The number of aromatic nitrogens is 2. The molecule has 0 amide bonds. The number of aryl methyl sites for hydroxylation is 1. The zero-order valence-corrected chi connectivity index (χ0v) is 11.7. The number of morpholine rings is 1. The summed E-state index contributed by atoms with van der Waals surface area (Å²) in [5.74, 6) is 1.07. The molecule has 1 atom stereocenters. The number of imidazole rings is 1. The van der Waals surface area contributed by atoms with Crippen molar-refractivity contribution in [2.24, 2.45) is 0 Å². The maximum Gasteiger partial charge on any atom is 0.106 e. The van der Waals surface area contributed by atoms with Crippen LogP contribution in [0.3, 0.4) is 0 Å². The molecule has 3 rings (SSSR count). The van der Waals surface area contributed by atoms with Crippen LogP contribution in [-0.2, 0) is 11.3 Å². The Labute approximate surface area is 114 Å². The van der Waals surface area contributed by atoms with E-state index in [1.54, 1.807) is 0 Å². The third-order valence-electron chi connectivity index (χ3n) is 3.90. The van der Waals surface area contributed by atoms with Gasteiger partial charge in [-0.2, -0.15) is 0 Å². The number of likely N-dealkylation sites (N-methyl/N-ethyl adjacent to an activating group) is 1. The summed E-state index contributed by atoms with van der Waals surface area (Å²) < 4.78 is 8.17. The number of nitrogens with zero attached hydrogens (tertiary/aromatic N) is 3. The quantitative estimate of drug-likeness (QED) is 0.845. The fourth-order valence-electron chi connectivity index (χ4n) is 2.81. The second kappa shape index (κ2) is 5.31. The minimum atomic E-state index is 0.269. The van der Waals surface area contributed by atoms with Crippen molar-refractivity contribution < 1.29 is 4.74 Å². The van der Waals surface area contributed by atoms with Crippen molar-refractivity contribution in [1.29, 1.82) is 0 Å². The van der Waals surface area contributed by atoms with Crippen molar-refractivity contribution in [3.05, 3.63) is 30.1 Å². The molecule has 1 aliphatic heterocycles. The first-order valence-electron chi connectivity index (χ1n) is 7.03.